The number of hydrogen-bond donors (Lipinski definition) is 1. The number of nitrogens with zero attached hydrogens (tertiary/aromatic N) is 1. The van der Waals surface area contributed by atoms with Gasteiger partial charge in [0.1, 0.15) is 4.88 Å². The molecule has 3 rings (SSSR count). The second kappa shape index (κ2) is 6.01. The van der Waals surface area contributed by atoms with E-state index in [1.807, 2.05) is 0 Å². The van der Waals surface area contributed by atoms with E-state index < -0.39 is 23.5 Å². The number of esters is 1. The van der Waals surface area contributed by atoms with Crippen molar-refractivity contribution in [2.75, 3.05) is 12.4 Å². The zero-order chi connectivity index (χ0) is 16.6. The van der Waals surface area contributed by atoms with E-state index in [0.29, 0.717) is 14.5 Å². The molecule has 0 aliphatic carbocycles. The first-order chi connectivity index (χ1) is 11.0. The average molecular weight is 354 g/mol. The summed E-state index contributed by atoms with van der Waals surface area (Å²) in [4.78, 5) is 28.1. The van der Waals surface area contributed by atoms with Gasteiger partial charge in [0.25, 0.3) is 5.91 Å². The molecule has 0 fully saturated rings. The Kier molecular flexibility index (Phi) is 4.05. The van der Waals surface area contributed by atoms with Gasteiger partial charge in [-0.3, -0.25) is 10.1 Å². The first kappa shape index (κ1) is 15.5. The van der Waals surface area contributed by atoms with Gasteiger partial charge in [-0.15, -0.1) is 11.3 Å². The maximum absolute atomic E-state index is 13.2. The predicted molar refractivity (Wildman–Crippen MR) is 83.1 cm³/mol. The molecule has 0 unspecified atom stereocenters. The lowest BCUT2D eigenvalue weighted by Crippen LogP contribution is -2.09. The zero-order valence-electron chi connectivity index (χ0n) is 11.6. The summed E-state index contributed by atoms with van der Waals surface area (Å²) >= 11 is 2.00. The standard InChI is InChI=1S/C14H8F2N2O3S2/c1-21-13(20)10-3-2-9(22-10)12(19)18-14-17-8-4-6(15)7(16)5-11(8)23-14/h2-5H,1H3,(H,17,18,19). The fourth-order valence-electron chi connectivity index (χ4n) is 1.81. The van der Waals surface area contributed by atoms with Crippen molar-refractivity contribution < 1.29 is 23.1 Å². The van der Waals surface area contributed by atoms with E-state index in [4.69, 9.17) is 0 Å². The molecule has 0 aliphatic heterocycles. The lowest BCUT2D eigenvalue weighted by molar-refractivity contribution is 0.0606. The molecule has 1 N–H and O–H groups in total. The normalized spacial score (nSPS) is 10.7. The number of thiazole rings is 1. The molecule has 1 aromatic carbocycles. The number of halogens is 2. The number of carbonyl (C=O) groups excluding carboxylic acids is 2. The number of rotatable bonds is 3. The van der Waals surface area contributed by atoms with Crippen LogP contribution in [0.4, 0.5) is 13.9 Å². The molecule has 2 aromatic heterocycles. The quantitative estimate of drug-likeness (QED) is 0.729. The molecular weight excluding hydrogens is 346 g/mol. The van der Waals surface area contributed by atoms with Gasteiger partial charge < -0.3 is 4.74 Å². The second-order valence-corrected chi connectivity index (χ2v) is 6.48. The van der Waals surface area contributed by atoms with Gasteiger partial charge in [0.05, 0.1) is 22.2 Å². The zero-order valence-corrected chi connectivity index (χ0v) is 13.2. The number of carbonyl (C=O) groups is 2. The highest BCUT2D eigenvalue weighted by Gasteiger charge is 2.16. The molecule has 0 atom stereocenters. The van der Waals surface area contributed by atoms with Crippen LogP contribution in [-0.4, -0.2) is 24.0 Å². The summed E-state index contributed by atoms with van der Waals surface area (Å²) in [5.74, 6) is -2.97. The Morgan fingerprint density at radius 1 is 1.13 bits per heavy atom. The van der Waals surface area contributed by atoms with Gasteiger partial charge in [0.15, 0.2) is 16.8 Å². The second-order valence-electron chi connectivity index (χ2n) is 4.36. The van der Waals surface area contributed by atoms with Crippen molar-refractivity contribution >= 4 is 49.9 Å². The Balaban J connectivity index is 1.82. The summed E-state index contributed by atoms with van der Waals surface area (Å²) in [5.41, 5.74) is 0.255. The Morgan fingerprint density at radius 3 is 2.57 bits per heavy atom. The average Bonchev–Trinajstić information content (AvgIpc) is 3.14. The number of ether oxygens (including phenoxy) is 1. The fraction of sp³-hybridized carbons (Fsp3) is 0.0714. The molecular formula is C14H8F2N2O3S2. The minimum Gasteiger partial charge on any atom is -0.465 e. The molecule has 23 heavy (non-hydrogen) atoms. The van der Waals surface area contributed by atoms with Crippen molar-refractivity contribution in [2.45, 2.75) is 0 Å². The van der Waals surface area contributed by atoms with Crippen LogP contribution in [-0.2, 0) is 4.74 Å². The molecule has 0 aliphatic rings. The van der Waals surface area contributed by atoms with Crippen molar-refractivity contribution in [3.8, 4) is 0 Å². The molecule has 1 amide bonds. The minimum absolute atomic E-state index is 0.211. The summed E-state index contributed by atoms with van der Waals surface area (Å²) in [5, 5.41) is 2.75. The smallest absolute Gasteiger partial charge is 0.348 e. The van der Waals surface area contributed by atoms with E-state index in [-0.39, 0.29) is 10.6 Å². The topological polar surface area (TPSA) is 68.3 Å². The number of anilines is 1. The number of amides is 1. The molecule has 9 heteroatoms. The maximum atomic E-state index is 13.2. The van der Waals surface area contributed by atoms with Gasteiger partial charge in [-0.1, -0.05) is 11.3 Å². The van der Waals surface area contributed by atoms with Crippen LogP contribution in [0.2, 0.25) is 0 Å². The molecule has 118 valence electrons. The van der Waals surface area contributed by atoms with Crippen LogP contribution >= 0.6 is 22.7 Å². The van der Waals surface area contributed by atoms with Crippen LogP contribution in [0.5, 0.6) is 0 Å². The van der Waals surface area contributed by atoms with Crippen LogP contribution < -0.4 is 5.32 Å². The summed E-state index contributed by atoms with van der Waals surface area (Å²) in [6.07, 6.45) is 0. The van der Waals surface area contributed by atoms with E-state index >= 15 is 0 Å². The highest BCUT2D eigenvalue weighted by molar-refractivity contribution is 7.22. The van der Waals surface area contributed by atoms with Gasteiger partial charge in [-0.2, -0.15) is 0 Å². The Bertz CT molecular complexity index is 881. The number of thiophene rings is 1. The number of hydrogen-bond acceptors (Lipinski definition) is 6. The highest BCUT2D eigenvalue weighted by Crippen LogP contribution is 2.28. The monoisotopic (exact) mass is 354 g/mol. The highest BCUT2D eigenvalue weighted by atomic mass is 32.1. The lowest BCUT2D eigenvalue weighted by Gasteiger charge is -1.97. The molecule has 0 bridgehead atoms. The number of fused-ring (bicyclic) bond motifs is 1. The van der Waals surface area contributed by atoms with Crippen LogP contribution in [0.25, 0.3) is 10.2 Å². The fourth-order valence-corrected chi connectivity index (χ4v) is 3.49. The molecule has 0 saturated heterocycles. The molecule has 0 radical (unpaired) electrons. The van der Waals surface area contributed by atoms with E-state index in [2.05, 4.69) is 15.0 Å². The SMILES string of the molecule is COC(=O)c1ccc(C(=O)Nc2nc3cc(F)c(F)cc3s2)s1. The number of methoxy groups -OCH3 is 1. The van der Waals surface area contributed by atoms with Gasteiger partial charge >= 0.3 is 5.97 Å². The van der Waals surface area contributed by atoms with E-state index in [1.165, 1.54) is 19.2 Å². The van der Waals surface area contributed by atoms with Crippen molar-refractivity contribution in [1.29, 1.82) is 0 Å². The Morgan fingerprint density at radius 2 is 1.83 bits per heavy atom. The van der Waals surface area contributed by atoms with Crippen molar-refractivity contribution in [3.05, 3.63) is 45.7 Å². The number of aromatic nitrogens is 1. The number of nitrogens with one attached hydrogen (secondary N) is 1. The summed E-state index contributed by atoms with van der Waals surface area (Å²) in [6.45, 7) is 0. The van der Waals surface area contributed by atoms with Gasteiger partial charge in [0.2, 0.25) is 0 Å². The lowest BCUT2D eigenvalue weighted by atomic mass is 10.3. The van der Waals surface area contributed by atoms with Crippen LogP contribution in [0.1, 0.15) is 19.3 Å². The molecule has 0 spiro atoms. The largest absolute Gasteiger partial charge is 0.465 e. The maximum Gasteiger partial charge on any atom is 0.348 e. The predicted octanol–water partition coefficient (Wildman–Crippen LogP) is 3.67. The van der Waals surface area contributed by atoms with Gasteiger partial charge in [-0.25, -0.2) is 18.6 Å². The molecule has 0 saturated carbocycles. The van der Waals surface area contributed by atoms with Crippen molar-refractivity contribution in [1.82, 2.24) is 4.98 Å². The van der Waals surface area contributed by atoms with Gasteiger partial charge in [-0.05, 0) is 18.2 Å². The van der Waals surface area contributed by atoms with Crippen molar-refractivity contribution in [3.63, 3.8) is 0 Å². The molecule has 5 nitrogen and oxygen atoms in total. The summed E-state index contributed by atoms with van der Waals surface area (Å²) in [7, 11) is 1.25. The number of benzene rings is 1. The van der Waals surface area contributed by atoms with Crippen LogP contribution in [0.3, 0.4) is 0 Å². The molecule has 2 heterocycles. The third kappa shape index (κ3) is 3.06. The van der Waals surface area contributed by atoms with Crippen molar-refractivity contribution in [2.24, 2.45) is 0 Å². The first-order valence-electron chi connectivity index (χ1n) is 6.23. The van der Waals surface area contributed by atoms with E-state index in [9.17, 15) is 18.4 Å². The first-order valence-corrected chi connectivity index (χ1v) is 7.86. The van der Waals surface area contributed by atoms with E-state index in [1.54, 1.807) is 0 Å². The Hall–Kier alpha value is -2.39. The third-order valence-corrected chi connectivity index (χ3v) is 4.86. The summed E-state index contributed by atoms with van der Waals surface area (Å²) in [6, 6.07) is 4.96. The van der Waals surface area contributed by atoms with E-state index in [0.717, 1.165) is 34.8 Å². The minimum atomic E-state index is -0.998. The van der Waals surface area contributed by atoms with Crippen LogP contribution in [0.15, 0.2) is 24.3 Å². The third-order valence-electron chi connectivity index (χ3n) is 2.87. The summed E-state index contributed by atoms with van der Waals surface area (Å²) < 4.78 is 31.3. The Labute approximate surface area is 136 Å². The van der Waals surface area contributed by atoms with Gasteiger partial charge in [0, 0.05) is 6.07 Å². The molecule has 3 aromatic rings. The van der Waals surface area contributed by atoms with Crippen LogP contribution in [0, 0.1) is 11.6 Å².